The van der Waals surface area contributed by atoms with Gasteiger partial charge in [0.2, 0.25) is 0 Å². The first kappa shape index (κ1) is 18.6. The summed E-state index contributed by atoms with van der Waals surface area (Å²) in [6, 6.07) is 10.2. The molecular weight excluding hydrogens is 323 g/mol. The largest absolute Gasteiger partial charge is 0.394 e. The van der Waals surface area contributed by atoms with Crippen LogP contribution < -0.4 is 10.6 Å². The van der Waals surface area contributed by atoms with Crippen LogP contribution in [0.4, 0.5) is 10.1 Å². The maximum Gasteiger partial charge on any atom is 0.258 e. The maximum absolute atomic E-state index is 13.7. The minimum atomic E-state index is -0.611. The third kappa shape index (κ3) is 4.64. The van der Waals surface area contributed by atoms with Crippen LogP contribution in [-0.2, 0) is 0 Å². The molecule has 0 heterocycles. The predicted molar refractivity (Wildman–Crippen MR) is 94.2 cm³/mol. The molecule has 1 atom stereocenters. The van der Waals surface area contributed by atoms with Crippen molar-refractivity contribution in [2.45, 2.75) is 26.3 Å². The molecule has 0 aliphatic heterocycles. The molecule has 0 bridgehead atoms. The van der Waals surface area contributed by atoms with Crippen molar-refractivity contribution in [2.75, 3.05) is 11.9 Å². The lowest BCUT2D eigenvalue weighted by Crippen LogP contribution is -2.36. The molecule has 2 aromatic rings. The first-order chi connectivity index (χ1) is 12.0. The SMILES string of the molecule is CCC(CO)NC(=O)c1ccc(C)c(NC(=O)c2ccccc2F)c1. The van der Waals surface area contributed by atoms with Crippen LogP contribution in [0.2, 0.25) is 0 Å². The fourth-order valence-electron chi connectivity index (χ4n) is 2.28. The number of halogens is 1. The fourth-order valence-corrected chi connectivity index (χ4v) is 2.28. The molecule has 0 aliphatic carbocycles. The number of carbonyl (C=O) groups is 2. The van der Waals surface area contributed by atoms with Gasteiger partial charge >= 0.3 is 0 Å². The molecule has 6 heteroatoms. The van der Waals surface area contributed by atoms with E-state index in [1.54, 1.807) is 25.1 Å². The van der Waals surface area contributed by atoms with E-state index in [4.69, 9.17) is 0 Å². The van der Waals surface area contributed by atoms with E-state index in [1.807, 2.05) is 6.92 Å². The van der Waals surface area contributed by atoms with E-state index < -0.39 is 11.7 Å². The Bertz CT molecular complexity index is 773. The molecule has 5 nitrogen and oxygen atoms in total. The van der Waals surface area contributed by atoms with Gasteiger partial charge in [-0.05, 0) is 43.2 Å². The number of hydrogen-bond donors (Lipinski definition) is 3. The zero-order valence-electron chi connectivity index (χ0n) is 14.2. The van der Waals surface area contributed by atoms with Gasteiger partial charge in [-0.2, -0.15) is 0 Å². The van der Waals surface area contributed by atoms with Gasteiger partial charge in [-0.25, -0.2) is 4.39 Å². The minimum Gasteiger partial charge on any atom is -0.394 e. The van der Waals surface area contributed by atoms with E-state index in [0.717, 1.165) is 5.56 Å². The quantitative estimate of drug-likeness (QED) is 0.754. The van der Waals surface area contributed by atoms with Crippen LogP contribution in [-0.4, -0.2) is 29.6 Å². The Hall–Kier alpha value is -2.73. The molecule has 0 spiro atoms. The predicted octanol–water partition coefficient (Wildman–Crippen LogP) is 2.89. The minimum absolute atomic E-state index is 0.0666. The molecule has 0 saturated carbocycles. The van der Waals surface area contributed by atoms with Crippen LogP contribution in [0.25, 0.3) is 0 Å². The number of carbonyl (C=O) groups excluding carboxylic acids is 2. The summed E-state index contributed by atoms with van der Waals surface area (Å²) in [7, 11) is 0. The highest BCUT2D eigenvalue weighted by molar-refractivity contribution is 6.05. The van der Waals surface area contributed by atoms with E-state index in [0.29, 0.717) is 17.7 Å². The molecule has 2 amide bonds. The van der Waals surface area contributed by atoms with Gasteiger partial charge in [0.15, 0.2) is 0 Å². The second-order valence-corrected chi connectivity index (χ2v) is 5.72. The first-order valence-corrected chi connectivity index (χ1v) is 8.04. The smallest absolute Gasteiger partial charge is 0.258 e. The Labute approximate surface area is 145 Å². The molecule has 0 aromatic heterocycles. The molecule has 3 N–H and O–H groups in total. The lowest BCUT2D eigenvalue weighted by Gasteiger charge is -2.15. The number of rotatable bonds is 6. The Kier molecular flexibility index (Phi) is 6.25. The monoisotopic (exact) mass is 344 g/mol. The van der Waals surface area contributed by atoms with Crippen LogP contribution in [0.5, 0.6) is 0 Å². The maximum atomic E-state index is 13.7. The summed E-state index contributed by atoms with van der Waals surface area (Å²) in [5.74, 6) is -1.54. The third-order valence-electron chi connectivity index (χ3n) is 3.91. The van der Waals surface area contributed by atoms with Crippen molar-refractivity contribution >= 4 is 17.5 Å². The zero-order valence-corrected chi connectivity index (χ0v) is 14.2. The molecule has 25 heavy (non-hydrogen) atoms. The summed E-state index contributed by atoms with van der Waals surface area (Å²) in [6.07, 6.45) is 0.602. The topological polar surface area (TPSA) is 78.4 Å². The second-order valence-electron chi connectivity index (χ2n) is 5.72. The van der Waals surface area contributed by atoms with E-state index >= 15 is 0 Å². The van der Waals surface area contributed by atoms with Crippen LogP contribution in [0.1, 0.15) is 39.6 Å². The van der Waals surface area contributed by atoms with Crippen LogP contribution in [0.15, 0.2) is 42.5 Å². The number of aliphatic hydroxyl groups excluding tert-OH is 1. The molecule has 132 valence electrons. The van der Waals surface area contributed by atoms with Gasteiger partial charge < -0.3 is 15.7 Å². The number of benzene rings is 2. The van der Waals surface area contributed by atoms with Crippen molar-refractivity contribution < 1.29 is 19.1 Å². The lowest BCUT2D eigenvalue weighted by molar-refractivity contribution is 0.0914. The van der Waals surface area contributed by atoms with Crippen molar-refractivity contribution in [1.29, 1.82) is 0 Å². The molecule has 2 aromatic carbocycles. The number of nitrogens with one attached hydrogen (secondary N) is 2. The second kappa shape index (κ2) is 8.39. The third-order valence-corrected chi connectivity index (χ3v) is 3.91. The van der Waals surface area contributed by atoms with Crippen LogP contribution >= 0.6 is 0 Å². The Morgan fingerprint density at radius 2 is 1.88 bits per heavy atom. The Balaban J connectivity index is 2.20. The van der Waals surface area contributed by atoms with E-state index in [-0.39, 0.29) is 24.1 Å². The molecule has 0 fully saturated rings. The molecule has 0 saturated heterocycles. The van der Waals surface area contributed by atoms with Gasteiger partial charge in [-0.15, -0.1) is 0 Å². The normalized spacial score (nSPS) is 11.7. The van der Waals surface area contributed by atoms with Crippen LogP contribution in [0.3, 0.4) is 0 Å². The van der Waals surface area contributed by atoms with Gasteiger partial charge in [-0.1, -0.05) is 25.1 Å². The number of anilines is 1. The van der Waals surface area contributed by atoms with Gasteiger partial charge in [0, 0.05) is 11.3 Å². The van der Waals surface area contributed by atoms with Crippen molar-refractivity contribution in [1.82, 2.24) is 5.32 Å². The Morgan fingerprint density at radius 1 is 1.16 bits per heavy atom. The average Bonchev–Trinajstić information content (AvgIpc) is 2.61. The van der Waals surface area contributed by atoms with E-state index in [2.05, 4.69) is 10.6 Å². The zero-order chi connectivity index (χ0) is 18.4. The van der Waals surface area contributed by atoms with Gasteiger partial charge in [0.05, 0.1) is 18.2 Å². The fraction of sp³-hybridized carbons (Fsp3) is 0.263. The lowest BCUT2D eigenvalue weighted by atomic mass is 10.1. The summed E-state index contributed by atoms with van der Waals surface area (Å²) in [5, 5.41) is 14.5. The van der Waals surface area contributed by atoms with Gasteiger partial charge in [-0.3, -0.25) is 9.59 Å². The number of aryl methyl sites for hydroxylation is 1. The highest BCUT2D eigenvalue weighted by Gasteiger charge is 2.15. The summed E-state index contributed by atoms with van der Waals surface area (Å²) in [6.45, 7) is 3.49. The Morgan fingerprint density at radius 3 is 2.52 bits per heavy atom. The highest BCUT2D eigenvalue weighted by atomic mass is 19.1. The van der Waals surface area contributed by atoms with Gasteiger partial charge in [0.1, 0.15) is 5.82 Å². The average molecular weight is 344 g/mol. The van der Waals surface area contributed by atoms with E-state index in [9.17, 15) is 19.1 Å². The van der Waals surface area contributed by atoms with Gasteiger partial charge in [0.25, 0.3) is 11.8 Å². The first-order valence-electron chi connectivity index (χ1n) is 8.04. The molecule has 2 rings (SSSR count). The standard InChI is InChI=1S/C19H21FN2O3/c1-3-14(11-23)21-18(24)13-9-8-12(2)17(10-13)22-19(25)15-6-4-5-7-16(15)20/h4-10,14,23H,3,11H2,1-2H3,(H,21,24)(H,22,25). The van der Waals surface area contributed by atoms with Crippen molar-refractivity contribution in [2.24, 2.45) is 0 Å². The summed E-state index contributed by atoms with van der Waals surface area (Å²) in [5.41, 5.74) is 1.46. The number of amides is 2. The summed E-state index contributed by atoms with van der Waals surface area (Å²) < 4.78 is 13.7. The summed E-state index contributed by atoms with van der Waals surface area (Å²) >= 11 is 0. The molecule has 0 aliphatic rings. The van der Waals surface area contributed by atoms with Crippen molar-refractivity contribution in [3.8, 4) is 0 Å². The molecule has 1 unspecified atom stereocenters. The molecule has 0 radical (unpaired) electrons. The number of aliphatic hydroxyl groups is 1. The van der Waals surface area contributed by atoms with Crippen LogP contribution in [0, 0.1) is 12.7 Å². The number of hydrogen-bond acceptors (Lipinski definition) is 3. The van der Waals surface area contributed by atoms with Crippen molar-refractivity contribution in [3.63, 3.8) is 0 Å². The molecular formula is C19H21FN2O3. The van der Waals surface area contributed by atoms with E-state index in [1.165, 1.54) is 24.3 Å². The highest BCUT2D eigenvalue weighted by Crippen LogP contribution is 2.19. The van der Waals surface area contributed by atoms with Crippen molar-refractivity contribution in [3.05, 3.63) is 65.0 Å². The summed E-state index contributed by atoms with van der Waals surface area (Å²) in [4.78, 5) is 24.5.